The fourth-order valence-corrected chi connectivity index (χ4v) is 4.52. The highest BCUT2D eigenvalue weighted by Crippen LogP contribution is 2.11. The Labute approximate surface area is 263 Å². The standard InChI is InChI=1S/C34H55N3O7/c1-2-3-4-5-6-7-8-9-10-11-12-13-14-15-16-17-18-19-20-21-22-23-24-31(38)44-30-29-43-28-27-42-26-25-37-33(40)35-32(39)36-34(37)41/h2-12,17-30H2,1H3,(H2,35,36,39,40,41). The Kier molecular flexibility index (Phi) is 25.4. The van der Waals surface area contributed by atoms with Crippen LogP contribution in [0.2, 0.25) is 0 Å². The van der Waals surface area contributed by atoms with Crippen LogP contribution in [-0.4, -0.2) is 53.5 Å². The van der Waals surface area contributed by atoms with Crippen LogP contribution in [0.3, 0.4) is 0 Å². The summed E-state index contributed by atoms with van der Waals surface area (Å²) in [6.07, 6.45) is 22.1. The molecule has 0 saturated heterocycles. The van der Waals surface area contributed by atoms with Gasteiger partial charge in [-0.15, -0.1) is 0 Å². The molecular formula is C34H55N3O7. The van der Waals surface area contributed by atoms with Gasteiger partial charge < -0.3 is 14.2 Å². The van der Waals surface area contributed by atoms with Gasteiger partial charge in [-0.1, -0.05) is 102 Å². The minimum absolute atomic E-state index is 0.00639. The number of nitrogens with zero attached hydrogens (tertiary/aromatic N) is 1. The molecule has 1 aromatic heterocycles. The van der Waals surface area contributed by atoms with Crippen molar-refractivity contribution in [3.63, 3.8) is 0 Å². The number of aromatic amines is 2. The van der Waals surface area contributed by atoms with E-state index in [0.29, 0.717) is 6.42 Å². The molecule has 0 bridgehead atoms. The van der Waals surface area contributed by atoms with E-state index in [4.69, 9.17) is 14.2 Å². The van der Waals surface area contributed by atoms with Crippen LogP contribution in [0, 0.1) is 23.7 Å². The number of hydrogen-bond acceptors (Lipinski definition) is 7. The molecule has 10 heteroatoms. The second-order valence-corrected chi connectivity index (χ2v) is 10.9. The molecule has 44 heavy (non-hydrogen) atoms. The van der Waals surface area contributed by atoms with E-state index in [1.807, 2.05) is 9.97 Å². The SMILES string of the molecule is CCCCCCCCCCCCC#CC#CCCCCCCCCC(=O)OCCOCCOCCn1c(=O)[nH]c(=O)[nH]c1=O. The first-order valence-corrected chi connectivity index (χ1v) is 16.7. The Morgan fingerprint density at radius 2 is 1.07 bits per heavy atom. The van der Waals surface area contributed by atoms with Gasteiger partial charge in [0.1, 0.15) is 6.61 Å². The van der Waals surface area contributed by atoms with E-state index in [9.17, 15) is 19.2 Å². The van der Waals surface area contributed by atoms with Crippen molar-refractivity contribution in [2.24, 2.45) is 0 Å². The molecule has 248 valence electrons. The molecule has 0 aromatic carbocycles. The van der Waals surface area contributed by atoms with Crippen LogP contribution < -0.4 is 17.1 Å². The maximum Gasteiger partial charge on any atom is 0.333 e. The van der Waals surface area contributed by atoms with E-state index in [2.05, 4.69) is 30.6 Å². The van der Waals surface area contributed by atoms with Gasteiger partial charge in [0, 0.05) is 19.3 Å². The van der Waals surface area contributed by atoms with Gasteiger partial charge in [0.25, 0.3) is 0 Å². The average molecular weight is 618 g/mol. The van der Waals surface area contributed by atoms with Gasteiger partial charge in [-0.05, 0) is 31.1 Å². The van der Waals surface area contributed by atoms with E-state index in [1.165, 1.54) is 64.2 Å². The van der Waals surface area contributed by atoms with Crippen molar-refractivity contribution in [3.8, 4) is 23.7 Å². The van der Waals surface area contributed by atoms with Crippen molar-refractivity contribution in [2.45, 2.75) is 135 Å². The lowest BCUT2D eigenvalue weighted by atomic mass is 10.1. The summed E-state index contributed by atoms with van der Waals surface area (Å²) in [5, 5.41) is 0. The van der Waals surface area contributed by atoms with E-state index < -0.39 is 17.1 Å². The topological polar surface area (TPSA) is 132 Å². The lowest BCUT2D eigenvalue weighted by Crippen LogP contribution is -2.43. The molecule has 1 heterocycles. The van der Waals surface area contributed by atoms with Crippen LogP contribution in [0.1, 0.15) is 129 Å². The van der Waals surface area contributed by atoms with Crippen molar-refractivity contribution in [3.05, 3.63) is 31.5 Å². The van der Waals surface area contributed by atoms with Crippen molar-refractivity contribution in [1.29, 1.82) is 0 Å². The monoisotopic (exact) mass is 617 g/mol. The summed E-state index contributed by atoms with van der Waals surface area (Å²) >= 11 is 0. The summed E-state index contributed by atoms with van der Waals surface area (Å²) in [4.78, 5) is 49.9. The molecule has 0 aliphatic carbocycles. The Morgan fingerprint density at radius 3 is 1.61 bits per heavy atom. The molecule has 0 aliphatic heterocycles. The zero-order valence-electron chi connectivity index (χ0n) is 27.0. The molecular weight excluding hydrogens is 562 g/mol. The second kappa shape index (κ2) is 28.7. The van der Waals surface area contributed by atoms with Crippen LogP contribution in [0.5, 0.6) is 0 Å². The predicted molar refractivity (Wildman–Crippen MR) is 173 cm³/mol. The van der Waals surface area contributed by atoms with Crippen molar-refractivity contribution in [2.75, 3.05) is 33.0 Å². The predicted octanol–water partition coefficient (Wildman–Crippen LogP) is 5.24. The number of ether oxygens (including phenoxy) is 3. The third-order valence-corrected chi connectivity index (χ3v) is 7.08. The number of hydrogen-bond donors (Lipinski definition) is 2. The minimum atomic E-state index is -0.843. The molecule has 0 fully saturated rings. The highest BCUT2D eigenvalue weighted by molar-refractivity contribution is 5.69. The molecule has 10 nitrogen and oxygen atoms in total. The Hall–Kier alpha value is -3.08. The molecule has 0 unspecified atom stereocenters. The highest BCUT2D eigenvalue weighted by Gasteiger charge is 2.04. The summed E-state index contributed by atoms with van der Waals surface area (Å²) < 4.78 is 16.7. The average Bonchev–Trinajstić information content (AvgIpc) is 2.99. The van der Waals surface area contributed by atoms with E-state index in [0.717, 1.165) is 55.9 Å². The zero-order valence-corrected chi connectivity index (χ0v) is 27.0. The van der Waals surface area contributed by atoms with Gasteiger partial charge in [-0.3, -0.25) is 14.8 Å². The van der Waals surface area contributed by atoms with Gasteiger partial charge >= 0.3 is 23.0 Å². The smallest absolute Gasteiger partial charge is 0.333 e. The molecule has 0 radical (unpaired) electrons. The normalized spacial score (nSPS) is 10.6. The summed E-state index contributed by atoms with van der Waals surface area (Å²) in [5.41, 5.74) is -2.41. The largest absolute Gasteiger partial charge is 0.463 e. The molecule has 0 saturated carbocycles. The number of aromatic nitrogens is 3. The van der Waals surface area contributed by atoms with Gasteiger partial charge in [0.2, 0.25) is 0 Å². The lowest BCUT2D eigenvalue weighted by Gasteiger charge is -2.07. The fraction of sp³-hybridized carbons (Fsp3) is 0.765. The van der Waals surface area contributed by atoms with Crippen LogP contribution in [-0.2, 0) is 25.5 Å². The third-order valence-electron chi connectivity index (χ3n) is 7.08. The van der Waals surface area contributed by atoms with Crippen molar-refractivity contribution in [1.82, 2.24) is 14.5 Å². The number of carbonyl (C=O) groups is 1. The summed E-state index contributed by atoms with van der Waals surface area (Å²) in [7, 11) is 0. The van der Waals surface area contributed by atoms with Gasteiger partial charge in [0.15, 0.2) is 0 Å². The number of H-pyrrole nitrogens is 2. The summed E-state index contributed by atoms with van der Waals surface area (Å²) in [6, 6.07) is 0. The minimum Gasteiger partial charge on any atom is -0.463 e. The van der Waals surface area contributed by atoms with Crippen LogP contribution in [0.4, 0.5) is 0 Å². The fourth-order valence-electron chi connectivity index (χ4n) is 4.52. The third kappa shape index (κ3) is 23.4. The molecule has 0 aliphatic rings. The molecule has 0 amide bonds. The van der Waals surface area contributed by atoms with E-state index in [-0.39, 0.29) is 45.5 Å². The summed E-state index contributed by atoms with van der Waals surface area (Å²) in [5.74, 6) is 12.1. The Morgan fingerprint density at radius 1 is 0.614 bits per heavy atom. The molecule has 2 N–H and O–H groups in total. The maximum absolute atomic E-state index is 11.8. The molecule has 0 spiro atoms. The number of esters is 1. The van der Waals surface area contributed by atoms with Crippen LogP contribution >= 0.6 is 0 Å². The quantitative estimate of drug-likeness (QED) is 0.0784. The molecule has 0 atom stereocenters. The van der Waals surface area contributed by atoms with Crippen molar-refractivity contribution >= 4 is 5.97 Å². The number of carbonyl (C=O) groups excluding carboxylic acids is 1. The number of unbranched alkanes of at least 4 members (excludes halogenated alkanes) is 16. The van der Waals surface area contributed by atoms with Crippen LogP contribution in [0.15, 0.2) is 14.4 Å². The van der Waals surface area contributed by atoms with Crippen molar-refractivity contribution < 1.29 is 19.0 Å². The second-order valence-electron chi connectivity index (χ2n) is 10.9. The number of rotatable bonds is 27. The molecule has 1 rings (SSSR count). The number of nitrogens with one attached hydrogen (secondary N) is 2. The Balaban J connectivity index is 1.82. The highest BCUT2D eigenvalue weighted by atomic mass is 16.6. The Bertz CT molecular complexity index is 1130. The lowest BCUT2D eigenvalue weighted by molar-refractivity contribution is -0.145. The first-order chi connectivity index (χ1) is 21.5. The molecule has 1 aromatic rings. The van der Waals surface area contributed by atoms with Gasteiger partial charge in [-0.25, -0.2) is 19.0 Å². The van der Waals surface area contributed by atoms with Crippen LogP contribution in [0.25, 0.3) is 0 Å². The van der Waals surface area contributed by atoms with Gasteiger partial charge in [0.05, 0.1) is 33.0 Å². The van der Waals surface area contributed by atoms with E-state index in [1.54, 1.807) is 0 Å². The first kappa shape index (κ1) is 38.9. The summed E-state index contributed by atoms with van der Waals surface area (Å²) in [6.45, 7) is 3.37. The van der Waals surface area contributed by atoms with E-state index >= 15 is 0 Å². The maximum atomic E-state index is 11.8. The van der Waals surface area contributed by atoms with Gasteiger partial charge in [-0.2, -0.15) is 0 Å². The zero-order chi connectivity index (χ0) is 31.9. The first-order valence-electron chi connectivity index (χ1n) is 16.7.